The van der Waals surface area contributed by atoms with Gasteiger partial charge in [-0.2, -0.15) is 0 Å². The molecule has 2 unspecified atom stereocenters. The number of aromatic nitrogens is 1. The number of fused-ring (bicyclic) bond motifs is 2. The van der Waals surface area contributed by atoms with Gasteiger partial charge in [-0.3, -0.25) is 4.79 Å². The summed E-state index contributed by atoms with van der Waals surface area (Å²) in [7, 11) is 0. The third-order valence-corrected chi connectivity index (χ3v) is 3.51. The van der Waals surface area contributed by atoms with E-state index in [2.05, 4.69) is 4.98 Å². The average Bonchev–Trinajstić information content (AvgIpc) is 2.67. The van der Waals surface area contributed by atoms with Crippen LogP contribution in [0.5, 0.6) is 0 Å². The molecule has 1 aromatic heterocycles. The zero-order chi connectivity index (χ0) is 11.8. The lowest BCUT2D eigenvalue weighted by molar-refractivity contribution is -0.0303. The molecule has 2 atom stereocenters. The van der Waals surface area contributed by atoms with E-state index in [1.165, 1.54) is 0 Å². The van der Waals surface area contributed by atoms with Crippen LogP contribution in [0.3, 0.4) is 0 Å². The molecule has 0 aliphatic carbocycles. The minimum atomic E-state index is 0.0227. The summed E-state index contributed by atoms with van der Waals surface area (Å²) in [6, 6.07) is 3.31. The van der Waals surface area contributed by atoms with Crippen LogP contribution in [-0.4, -0.2) is 41.1 Å². The molecule has 5 heteroatoms. The van der Waals surface area contributed by atoms with Gasteiger partial charge in [-0.05, 0) is 25.0 Å². The molecule has 2 aliphatic rings. The van der Waals surface area contributed by atoms with Crippen molar-refractivity contribution in [2.75, 3.05) is 13.1 Å². The molecule has 90 valence electrons. The third-order valence-electron chi connectivity index (χ3n) is 3.30. The standard InChI is InChI=1S/C12H13ClN2O2/c13-11-5-8(3-4-14-11)12(16)15-6-9-1-2-10(7-15)17-9/h3-5,9-10H,1-2,6-7H2. The SMILES string of the molecule is O=C(c1ccnc(Cl)c1)N1CC2CCC(C1)O2. The van der Waals surface area contributed by atoms with E-state index in [1.54, 1.807) is 18.3 Å². The molecular formula is C12H13ClN2O2. The van der Waals surface area contributed by atoms with Crippen molar-refractivity contribution in [3.05, 3.63) is 29.0 Å². The monoisotopic (exact) mass is 252 g/mol. The Bertz CT molecular complexity index is 440. The number of nitrogens with zero attached hydrogens (tertiary/aromatic N) is 2. The van der Waals surface area contributed by atoms with Crippen LogP contribution in [0.2, 0.25) is 5.15 Å². The van der Waals surface area contributed by atoms with E-state index >= 15 is 0 Å². The van der Waals surface area contributed by atoms with Crippen molar-refractivity contribution < 1.29 is 9.53 Å². The topological polar surface area (TPSA) is 42.4 Å². The van der Waals surface area contributed by atoms with Gasteiger partial charge in [-0.1, -0.05) is 11.6 Å². The van der Waals surface area contributed by atoms with Crippen molar-refractivity contribution in [1.29, 1.82) is 0 Å². The second kappa shape index (κ2) is 4.27. The Morgan fingerprint density at radius 2 is 2.12 bits per heavy atom. The van der Waals surface area contributed by atoms with Gasteiger partial charge in [0.05, 0.1) is 12.2 Å². The van der Waals surface area contributed by atoms with Crippen LogP contribution in [0.1, 0.15) is 23.2 Å². The van der Waals surface area contributed by atoms with E-state index < -0.39 is 0 Å². The van der Waals surface area contributed by atoms with Gasteiger partial charge in [0.15, 0.2) is 0 Å². The first-order chi connectivity index (χ1) is 8.22. The average molecular weight is 253 g/mol. The van der Waals surface area contributed by atoms with Crippen LogP contribution < -0.4 is 0 Å². The first-order valence-corrected chi connectivity index (χ1v) is 6.16. The quantitative estimate of drug-likeness (QED) is 0.715. The van der Waals surface area contributed by atoms with Crippen LogP contribution in [0.15, 0.2) is 18.3 Å². The number of carbonyl (C=O) groups excluding carboxylic acids is 1. The molecule has 1 amide bonds. The number of amides is 1. The minimum Gasteiger partial charge on any atom is -0.371 e. The van der Waals surface area contributed by atoms with Crippen LogP contribution in [-0.2, 0) is 4.74 Å². The lowest BCUT2D eigenvalue weighted by Crippen LogP contribution is -2.45. The lowest BCUT2D eigenvalue weighted by atomic mass is 10.2. The molecule has 1 aromatic rings. The minimum absolute atomic E-state index is 0.0227. The second-order valence-corrected chi connectivity index (χ2v) is 4.92. The predicted octanol–water partition coefficient (Wildman–Crippen LogP) is 1.74. The van der Waals surface area contributed by atoms with Crippen molar-refractivity contribution in [1.82, 2.24) is 9.88 Å². The Kier molecular flexibility index (Phi) is 2.76. The highest BCUT2D eigenvalue weighted by Crippen LogP contribution is 2.27. The maximum Gasteiger partial charge on any atom is 0.254 e. The van der Waals surface area contributed by atoms with Crippen LogP contribution >= 0.6 is 11.6 Å². The van der Waals surface area contributed by atoms with Gasteiger partial charge in [0.1, 0.15) is 5.15 Å². The third kappa shape index (κ3) is 2.15. The van der Waals surface area contributed by atoms with Gasteiger partial charge >= 0.3 is 0 Å². The van der Waals surface area contributed by atoms with Gasteiger partial charge in [-0.15, -0.1) is 0 Å². The number of carbonyl (C=O) groups is 1. The summed E-state index contributed by atoms with van der Waals surface area (Å²) in [6.45, 7) is 1.38. The van der Waals surface area contributed by atoms with E-state index in [1.807, 2.05) is 4.90 Å². The molecule has 2 aliphatic heterocycles. The number of pyridine rings is 1. The normalized spacial score (nSPS) is 27.2. The number of likely N-dealkylation sites (tertiary alicyclic amines) is 1. The van der Waals surface area contributed by atoms with Gasteiger partial charge in [-0.25, -0.2) is 4.98 Å². The number of hydrogen-bond acceptors (Lipinski definition) is 3. The molecule has 3 heterocycles. The van der Waals surface area contributed by atoms with Gasteiger partial charge < -0.3 is 9.64 Å². The van der Waals surface area contributed by atoms with Crippen molar-refractivity contribution in [2.24, 2.45) is 0 Å². The Hall–Kier alpha value is -1.13. The maximum absolute atomic E-state index is 12.3. The summed E-state index contributed by atoms with van der Waals surface area (Å²) >= 11 is 5.79. The molecule has 0 spiro atoms. The predicted molar refractivity (Wildman–Crippen MR) is 63.0 cm³/mol. The van der Waals surface area contributed by atoms with Gasteiger partial charge in [0.2, 0.25) is 0 Å². The number of rotatable bonds is 1. The second-order valence-electron chi connectivity index (χ2n) is 4.53. The first-order valence-electron chi connectivity index (χ1n) is 5.78. The summed E-state index contributed by atoms with van der Waals surface area (Å²) < 4.78 is 5.70. The van der Waals surface area contributed by atoms with E-state index in [0.29, 0.717) is 23.8 Å². The highest BCUT2D eigenvalue weighted by molar-refractivity contribution is 6.29. The molecule has 0 radical (unpaired) electrons. The zero-order valence-corrected chi connectivity index (χ0v) is 10.1. The highest BCUT2D eigenvalue weighted by atomic mass is 35.5. The molecule has 2 bridgehead atoms. The Morgan fingerprint density at radius 3 is 2.76 bits per heavy atom. The Morgan fingerprint density at radius 1 is 1.41 bits per heavy atom. The number of ether oxygens (including phenoxy) is 1. The summed E-state index contributed by atoms with van der Waals surface area (Å²) in [5.41, 5.74) is 0.603. The Labute approximate surface area is 105 Å². The molecule has 0 saturated carbocycles. The fourth-order valence-electron chi connectivity index (χ4n) is 2.50. The summed E-state index contributed by atoms with van der Waals surface area (Å²) in [5, 5.41) is 0.354. The molecule has 0 N–H and O–H groups in total. The van der Waals surface area contributed by atoms with Gasteiger partial charge in [0, 0.05) is 24.8 Å². The summed E-state index contributed by atoms with van der Waals surface area (Å²) in [5.74, 6) is 0.0227. The molecule has 17 heavy (non-hydrogen) atoms. The first kappa shape index (κ1) is 11.0. The number of hydrogen-bond donors (Lipinski definition) is 0. The summed E-state index contributed by atoms with van der Waals surface area (Å²) in [6.07, 6.45) is 4.12. The maximum atomic E-state index is 12.3. The molecule has 0 aromatic carbocycles. The molecular weight excluding hydrogens is 240 g/mol. The van der Waals surface area contributed by atoms with Gasteiger partial charge in [0.25, 0.3) is 5.91 Å². The fraction of sp³-hybridized carbons (Fsp3) is 0.500. The van der Waals surface area contributed by atoms with E-state index in [-0.39, 0.29) is 18.1 Å². The van der Waals surface area contributed by atoms with E-state index in [4.69, 9.17) is 16.3 Å². The van der Waals surface area contributed by atoms with Crippen molar-refractivity contribution in [2.45, 2.75) is 25.0 Å². The number of halogens is 1. The molecule has 2 saturated heterocycles. The van der Waals surface area contributed by atoms with E-state index in [0.717, 1.165) is 12.8 Å². The highest BCUT2D eigenvalue weighted by Gasteiger charge is 2.35. The molecule has 3 rings (SSSR count). The van der Waals surface area contributed by atoms with Crippen LogP contribution in [0, 0.1) is 0 Å². The van der Waals surface area contributed by atoms with Crippen molar-refractivity contribution >= 4 is 17.5 Å². The lowest BCUT2D eigenvalue weighted by Gasteiger charge is -2.32. The summed E-state index contributed by atoms with van der Waals surface area (Å²) in [4.78, 5) is 18.0. The Balaban J connectivity index is 1.78. The van der Waals surface area contributed by atoms with Crippen molar-refractivity contribution in [3.8, 4) is 0 Å². The largest absolute Gasteiger partial charge is 0.371 e. The number of morpholine rings is 1. The molecule has 2 fully saturated rings. The molecule has 4 nitrogen and oxygen atoms in total. The zero-order valence-electron chi connectivity index (χ0n) is 9.30. The fourth-order valence-corrected chi connectivity index (χ4v) is 2.67. The van der Waals surface area contributed by atoms with Crippen molar-refractivity contribution in [3.63, 3.8) is 0 Å². The van der Waals surface area contributed by atoms with Crippen LogP contribution in [0.4, 0.5) is 0 Å². The van der Waals surface area contributed by atoms with Crippen LogP contribution in [0.25, 0.3) is 0 Å². The smallest absolute Gasteiger partial charge is 0.254 e. The van der Waals surface area contributed by atoms with E-state index in [9.17, 15) is 4.79 Å².